The minimum Gasteiger partial charge on any atom is -0.481 e. The molecule has 2 N–H and O–H groups in total. The summed E-state index contributed by atoms with van der Waals surface area (Å²) in [5, 5.41) is 17.6. The van der Waals surface area contributed by atoms with E-state index in [4.69, 9.17) is 10.2 Å². The van der Waals surface area contributed by atoms with Gasteiger partial charge in [-0.2, -0.15) is 0 Å². The maximum absolute atomic E-state index is 10.5. The first-order chi connectivity index (χ1) is 8.11. The molecule has 0 bridgehead atoms. The van der Waals surface area contributed by atoms with E-state index in [0.29, 0.717) is 19.6 Å². The SMILES string of the molecule is Cc1ccc(CN(CCO)CCC(=O)O)cc1. The van der Waals surface area contributed by atoms with Gasteiger partial charge in [-0.05, 0) is 12.5 Å². The van der Waals surface area contributed by atoms with Crippen LogP contribution in [-0.4, -0.2) is 40.8 Å². The number of aryl methyl sites for hydroxylation is 1. The largest absolute Gasteiger partial charge is 0.481 e. The van der Waals surface area contributed by atoms with Gasteiger partial charge in [0.2, 0.25) is 0 Å². The average Bonchev–Trinajstić information content (AvgIpc) is 2.29. The van der Waals surface area contributed by atoms with Gasteiger partial charge in [-0.1, -0.05) is 29.8 Å². The van der Waals surface area contributed by atoms with Crippen LogP contribution >= 0.6 is 0 Å². The number of aliphatic carboxylic acids is 1. The highest BCUT2D eigenvalue weighted by molar-refractivity contribution is 5.66. The van der Waals surface area contributed by atoms with Crippen LogP contribution in [0.15, 0.2) is 24.3 Å². The highest BCUT2D eigenvalue weighted by Gasteiger charge is 2.07. The molecular weight excluding hydrogens is 218 g/mol. The van der Waals surface area contributed by atoms with Gasteiger partial charge in [0, 0.05) is 19.6 Å². The Bertz CT molecular complexity index is 348. The van der Waals surface area contributed by atoms with Gasteiger partial charge in [0.25, 0.3) is 0 Å². The predicted molar refractivity (Wildman–Crippen MR) is 65.8 cm³/mol. The summed E-state index contributed by atoms with van der Waals surface area (Å²) in [4.78, 5) is 12.5. The molecule has 0 heterocycles. The van der Waals surface area contributed by atoms with Crippen molar-refractivity contribution >= 4 is 5.97 Å². The monoisotopic (exact) mass is 237 g/mol. The van der Waals surface area contributed by atoms with Crippen LogP contribution in [0.25, 0.3) is 0 Å². The highest BCUT2D eigenvalue weighted by atomic mass is 16.4. The summed E-state index contributed by atoms with van der Waals surface area (Å²) in [5.74, 6) is -0.808. The predicted octanol–water partition coefficient (Wildman–Crippen LogP) is 1.26. The fourth-order valence-corrected chi connectivity index (χ4v) is 1.62. The Labute approximate surface area is 101 Å². The Balaban J connectivity index is 2.53. The average molecular weight is 237 g/mol. The van der Waals surface area contributed by atoms with Gasteiger partial charge in [-0.25, -0.2) is 0 Å². The van der Waals surface area contributed by atoms with Gasteiger partial charge >= 0.3 is 5.97 Å². The van der Waals surface area contributed by atoms with Gasteiger partial charge in [0.05, 0.1) is 13.0 Å². The lowest BCUT2D eigenvalue weighted by Gasteiger charge is -2.20. The summed E-state index contributed by atoms with van der Waals surface area (Å²) in [7, 11) is 0. The number of carboxylic acid groups (broad SMARTS) is 1. The fourth-order valence-electron chi connectivity index (χ4n) is 1.62. The number of carboxylic acids is 1. The minimum atomic E-state index is -0.808. The van der Waals surface area contributed by atoms with Crippen molar-refractivity contribution in [3.05, 3.63) is 35.4 Å². The van der Waals surface area contributed by atoms with Crippen LogP contribution in [0.2, 0.25) is 0 Å². The normalized spacial score (nSPS) is 10.8. The molecule has 0 amide bonds. The molecule has 0 fully saturated rings. The molecule has 0 spiro atoms. The number of carbonyl (C=O) groups is 1. The Kier molecular flexibility index (Phi) is 5.66. The van der Waals surface area contributed by atoms with Crippen LogP contribution in [0.3, 0.4) is 0 Å². The summed E-state index contributed by atoms with van der Waals surface area (Å²) in [6.07, 6.45) is 0.103. The van der Waals surface area contributed by atoms with Crippen molar-refractivity contribution in [2.24, 2.45) is 0 Å². The third-order valence-corrected chi connectivity index (χ3v) is 2.58. The zero-order chi connectivity index (χ0) is 12.7. The first kappa shape index (κ1) is 13.7. The first-order valence-corrected chi connectivity index (χ1v) is 5.72. The second-order valence-corrected chi connectivity index (χ2v) is 4.13. The molecular formula is C13H19NO3. The van der Waals surface area contributed by atoms with Gasteiger partial charge < -0.3 is 10.2 Å². The van der Waals surface area contributed by atoms with Crippen LogP contribution in [0.4, 0.5) is 0 Å². The van der Waals surface area contributed by atoms with E-state index in [1.54, 1.807) is 0 Å². The lowest BCUT2D eigenvalue weighted by Crippen LogP contribution is -2.28. The topological polar surface area (TPSA) is 60.8 Å². The van der Waals surface area contributed by atoms with Crippen LogP contribution in [0, 0.1) is 6.92 Å². The van der Waals surface area contributed by atoms with Crippen molar-refractivity contribution in [3.8, 4) is 0 Å². The van der Waals surface area contributed by atoms with Crippen LogP contribution in [0.1, 0.15) is 17.5 Å². The van der Waals surface area contributed by atoms with E-state index in [0.717, 1.165) is 5.56 Å². The number of hydrogen-bond donors (Lipinski definition) is 2. The summed E-state index contributed by atoms with van der Waals surface area (Å²) in [5.41, 5.74) is 2.34. The molecule has 4 heteroatoms. The molecule has 1 rings (SSSR count). The Morgan fingerprint density at radius 1 is 1.24 bits per heavy atom. The van der Waals surface area contributed by atoms with E-state index in [1.165, 1.54) is 5.56 Å². The zero-order valence-electron chi connectivity index (χ0n) is 10.1. The summed E-state index contributed by atoms with van der Waals surface area (Å²) < 4.78 is 0. The molecule has 1 aromatic carbocycles. The van der Waals surface area contributed by atoms with Crippen molar-refractivity contribution in [2.75, 3.05) is 19.7 Å². The molecule has 0 saturated carbocycles. The molecule has 0 aliphatic carbocycles. The molecule has 0 unspecified atom stereocenters. The Morgan fingerprint density at radius 2 is 1.88 bits per heavy atom. The van der Waals surface area contributed by atoms with E-state index in [9.17, 15) is 4.79 Å². The van der Waals surface area contributed by atoms with Gasteiger partial charge in [-0.15, -0.1) is 0 Å². The number of aliphatic hydroxyl groups is 1. The molecule has 94 valence electrons. The standard InChI is InChI=1S/C13H19NO3/c1-11-2-4-12(5-3-11)10-14(8-9-15)7-6-13(16)17/h2-5,15H,6-10H2,1H3,(H,16,17). The number of hydrogen-bond acceptors (Lipinski definition) is 3. The van der Waals surface area contributed by atoms with Crippen molar-refractivity contribution in [1.82, 2.24) is 4.90 Å². The molecule has 0 saturated heterocycles. The van der Waals surface area contributed by atoms with Gasteiger partial charge in [-0.3, -0.25) is 9.69 Å². The van der Waals surface area contributed by atoms with E-state index in [2.05, 4.69) is 0 Å². The Hall–Kier alpha value is -1.39. The molecule has 0 aliphatic rings. The molecule has 0 aliphatic heterocycles. The number of aliphatic hydroxyl groups excluding tert-OH is 1. The summed E-state index contributed by atoms with van der Waals surface area (Å²) in [6.45, 7) is 3.71. The quantitative estimate of drug-likeness (QED) is 0.749. The summed E-state index contributed by atoms with van der Waals surface area (Å²) >= 11 is 0. The summed E-state index contributed by atoms with van der Waals surface area (Å²) in [6, 6.07) is 8.12. The Morgan fingerprint density at radius 3 is 2.41 bits per heavy atom. The van der Waals surface area contributed by atoms with Crippen molar-refractivity contribution in [1.29, 1.82) is 0 Å². The van der Waals surface area contributed by atoms with E-state index >= 15 is 0 Å². The molecule has 1 aromatic rings. The molecule has 0 aromatic heterocycles. The maximum atomic E-state index is 10.5. The molecule has 0 atom stereocenters. The van der Waals surface area contributed by atoms with Gasteiger partial charge in [0.15, 0.2) is 0 Å². The van der Waals surface area contributed by atoms with Crippen molar-refractivity contribution < 1.29 is 15.0 Å². The molecule has 0 radical (unpaired) electrons. The van der Waals surface area contributed by atoms with Crippen molar-refractivity contribution in [2.45, 2.75) is 19.9 Å². The first-order valence-electron chi connectivity index (χ1n) is 5.72. The smallest absolute Gasteiger partial charge is 0.304 e. The maximum Gasteiger partial charge on any atom is 0.304 e. The third-order valence-electron chi connectivity index (χ3n) is 2.58. The second-order valence-electron chi connectivity index (χ2n) is 4.13. The highest BCUT2D eigenvalue weighted by Crippen LogP contribution is 2.07. The molecule has 17 heavy (non-hydrogen) atoms. The number of nitrogens with zero attached hydrogens (tertiary/aromatic N) is 1. The van der Waals surface area contributed by atoms with Crippen LogP contribution in [-0.2, 0) is 11.3 Å². The molecule has 4 nitrogen and oxygen atoms in total. The zero-order valence-corrected chi connectivity index (χ0v) is 10.1. The van der Waals surface area contributed by atoms with E-state index < -0.39 is 5.97 Å². The van der Waals surface area contributed by atoms with Crippen molar-refractivity contribution in [3.63, 3.8) is 0 Å². The second kappa shape index (κ2) is 7.04. The number of rotatable bonds is 7. The fraction of sp³-hybridized carbons (Fsp3) is 0.462. The van der Waals surface area contributed by atoms with Gasteiger partial charge in [0.1, 0.15) is 0 Å². The lowest BCUT2D eigenvalue weighted by atomic mass is 10.1. The van der Waals surface area contributed by atoms with Crippen LogP contribution < -0.4 is 0 Å². The van der Waals surface area contributed by atoms with Crippen LogP contribution in [0.5, 0.6) is 0 Å². The third kappa shape index (κ3) is 5.47. The minimum absolute atomic E-state index is 0.0471. The van der Waals surface area contributed by atoms with E-state index in [-0.39, 0.29) is 13.0 Å². The van der Waals surface area contributed by atoms with E-state index in [1.807, 2.05) is 36.1 Å². The lowest BCUT2D eigenvalue weighted by molar-refractivity contribution is -0.137. The number of benzene rings is 1.